The zero-order chi connectivity index (χ0) is 20.5. The van der Waals surface area contributed by atoms with Crippen molar-refractivity contribution in [2.24, 2.45) is 0 Å². The van der Waals surface area contributed by atoms with Crippen LogP contribution in [0.5, 0.6) is 0 Å². The average Bonchev–Trinajstić information content (AvgIpc) is 2.95. The Morgan fingerprint density at radius 2 is 1.79 bits per heavy atom. The van der Waals surface area contributed by atoms with E-state index < -0.39 is 29.5 Å². The van der Waals surface area contributed by atoms with Gasteiger partial charge in [-0.15, -0.1) is 0 Å². The Labute approximate surface area is 157 Å². The van der Waals surface area contributed by atoms with Crippen LogP contribution in [0.3, 0.4) is 0 Å². The molecule has 9 heteroatoms. The van der Waals surface area contributed by atoms with E-state index in [-0.39, 0.29) is 16.8 Å². The van der Waals surface area contributed by atoms with E-state index in [1.807, 2.05) is 0 Å². The van der Waals surface area contributed by atoms with Crippen molar-refractivity contribution in [3.63, 3.8) is 0 Å². The van der Waals surface area contributed by atoms with Gasteiger partial charge in [0.15, 0.2) is 0 Å². The fourth-order valence-corrected chi connectivity index (χ4v) is 2.56. The van der Waals surface area contributed by atoms with E-state index in [4.69, 9.17) is 0 Å². The van der Waals surface area contributed by atoms with Crippen LogP contribution < -0.4 is 10.4 Å². The number of nitrogens with zero attached hydrogens (tertiary/aromatic N) is 1. The molecule has 1 heterocycles. The Morgan fingerprint density at radius 1 is 1.11 bits per heavy atom. The summed E-state index contributed by atoms with van der Waals surface area (Å²) in [5.41, 5.74) is 1.69. The van der Waals surface area contributed by atoms with E-state index in [1.165, 1.54) is 43.5 Å². The van der Waals surface area contributed by atoms with Crippen molar-refractivity contribution in [1.29, 1.82) is 0 Å². The van der Waals surface area contributed by atoms with Crippen LogP contribution in [0.4, 0.5) is 18.9 Å². The quantitative estimate of drug-likeness (QED) is 0.497. The zero-order valence-electron chi connectivity index (χ0n) is 14.4. The first-order chi connectivity index (χ1) is 13.2. The Kier molecular flexibility index (Phi) is 4.91. The normalized spacial score (nSPS) is 15.7. The number of benzene rings is 2. The number of rotatable bonds is 3. The summed E-state index contributed by atoms with van der Waals surface area (Å²) in [6.45, 7) is 0. The summed E-state index contributed by atoms with van der Waals surface area (Å²) in [6.07, 6.45) is -3.30. The monoisotopic (exact) mass is 390 g/mol. The second-order valence-electron chi connectivity index (χ2n) is 5.80. The number of hydrogen-bond acceptors (Lipinski definition) is 4. The standard InChI is InChI=1S/C19H13F3N2O4/c1-28-18(27)12-7-5-11(6-8-12)9-15-16(25)23-24(17(15)26)14-4-2-3-13(10-14)19(20,21)22/h2-10H,1H3,(H,23,25)/b15-9+. The second kappa shape index (κ2) is 7.18. The number of alkyl halides is 3. The van der Waals surface area contributed by atoms with Gasteiger partial charge in [0, 0.05) is 0 Å². The molecular formula is C19H13F3N2O4. The Bertz CT molecular complexity index is 981. The van der Waals surface area contributed by atoms with Crippen molar-refractivity contribution >= 4 is 29.5 Å². The molecule has 1 saturated heterocycles. The van der Waals surface area contributed by atoms with E-state index >= 15 is 0 Å². The SMILES string of the molecule is COC(=O)c1ccc(/C=C2\C(=O)NN(c3cccc(C(F)(F)F)c3)C2=O)cc1. The maximum absolute atomic E-state index is 12.9. The minimum absolute atomic E-state index is 0.113. The van der Waals surface area contributed by atoms with Crippen LogP contribution >= 0.6 is 0 Å². The molecule has 2 aromatic carbocycles. The van der Waals surface area contributed by atoms with Crippen molar-refractivity contribution in [3.05, 3.63) is 70.8 Å². The van der Waals surface area contributed by atoms with Crippen LogP contribution in [0.15, 0.2) is 54.1 Å². The number of nitrogens with one attached hydrogen (secondary N) is 1. The third kappa shape index (κ3) is 3.73. The van der Waals surface area contributed by atoms with E-state index in [0.29, 0.717) is 5.56 Å². The van der Waals surface area contributed by atoms with Gasteiger partial charge in [-0.05, 0) is 42.0 Å². The van der Waals surface area contributed by atoms with Gasteiger partial charge in [-0.3, -0.25) is 15.0 Å². The minimum atomic E-state index is -4.58. The van der Waals surface area contributed by atoms with Crippen LogP contribution in [-0.2, 0) is 20.5 Å². The minimum Gasteiger partial charge on any atom is -0.465 e. The summed E-state index contributed by atoms with van der Waals surface area (Å²) in [5, 5.41) is 0.756. The lowest BCUT2D eigenvalue weighted by molar-refractivity contribution is -0.137. The molecule has 2 aromatic rings. The number of anilines is 1. The van der Waals surface area contributed by atoms with Gasteiger partial charge in [0.05, 0.1) is 23.9 Å². The highest BCUT2D eigenvalue weighted by atomic mass is 19.4. The molecular weight excluding hydrogens is 377 g/mol. The Balaban J connectivity index is 1.88. The number of methoxy groups -OCH3 is 1. The summed E-state index contributed by atoms with van der Waals surface area (Å²) in [6, 6.07) is 9.99. The van der Waals surface area contributed by atoms with Gasteiger partial charge in [0.25, 0.3) is 11.8 Å². The molecule has 0 bridgehead atoms. The number of carbonyl (C=O) groups excluding carboxylic acids is 3. The van der Waals surface area contributed by atoms with Gasteiger partial charge < -0.3 is 4.74 Å². The van der Waals surface area contributed by atoms with Crippen LogP contribution in [0.25, 0.3) is 6.08 Å². The lowest BCUT2D eigenvalue weighted by Gasteiger charge is -2.16. The van der Waals surface area contributed by atoms with Crippen molar-refractivity contribution in [3.8, 4) is 0 Å². The van der Waals surface area contributed by atoms with Crippen LogP contribution in [-0.4, -0.2) is 24.9 Å². The molecule has 144 valence electrons. The van der Waals surface area contributed by atoms with Crippen LogP contribution in [0.1, 0.15) is 21.5 Å². The molecule has 28 heavy (non-hydrogen) atoms. The Morgan fingerprint density at radius 3 is 2.39 bits per heavy atom. The summed E-state index contributed by atoms with van der Waals surface area (Å²) in [4.78, 5) is 36.1. The first kappa shape index (κ1) is 19.2. The average molecular weight is 390 g/mol. The summed E-state index contributed by atoms with van der Waals surface area (Å²) in [7, 11) is 1.24. The predicted octanol–water partition coefficient (Wildman–Crippen LogP) is 2.95. The molecule has 2 amide bonds. The first-order valence-corrected chi connectivity index (χ1v) is 7.93. The van der Waals surface area contributed by atoms with Gasteiger partial charge in [0.2, 0.25) is 0 Å². The van der Waals surface area contributed by atoms with Gasteiger partial charge in [-0.1, -0.05) is 18.2 Å². The number of amides is 2. The highest BCUT2D eigenvalue weighted by molar-refractivity contribution is 6.31. The fourth-order valence-electron chi connectivity index (χ4n) is 2.56. The molecule has 1 aliphatic heterocycles. The van der Waals surface area contributed by atoms with Crippen molar-refractivity contribution in [1.82, 2.24) is 5.43 Å². The first-order valence-electron chi connectivity index (χ1n) is 7.93. The van der Waals surface area contributed by atoms with E-state index in [1.54, 1.807) is 0 Å². The maximum Gasteiger partial charge on any atom is 0.416 e. The number of halogens is 3. The van der Waals surface area contributed by atoms with E-state index in [0.717, 1.165) is 23.2 Å². The Hall–Kier alpha value is -3.62. The van der Waals surface area contributed by atoms with Gasteiger partial charge in [0.1, 0.15) is 5.57 Å². The molecule has 0 radical (unpaired) electrons. The number of esters is 1. The summed E-state index contributed by atoms with van der Waals surface area (Å²) < 4.78 is 43.2. The molecule has 0 unspecified atom stereocenters. The number of hydrazine groups is 1. The van der Waals surface area contributed by atoms with Gasteiger partial charge >= 0.3 is 12.1 Å². The lowest BCUT2D eigenvalue weighted by atomic mass is 10.1. The highest BCUT2D eigenvalue weighted by Gasteiger charge is 2.36. The van der Waals surface area contributed by atoms with Crippen molar-refractivity contribution < 1.29 is 32.3 Å². The second-order valence-corrected chi connectivity index (χ2v) is 5.80. The van der Waals surface area contributed by atoms with Crippen LogP contribution in [0.2, 0.25) is 0 Å². The smallest absolute Gasteiger partial charge is 0.416 e. The van der Waals surface area contributed by atoms with Crippen molar-refractivity contribution in [2.75, 3.05) is 12.1 Å². The third-order valence-corrected chi connectivity index (χ3v) is 3.97. The van der Waals surface area contributed by atoms with Crippen molar-refractivity contribution in [2.45, 2.75) is 6.18 Å². The third-order valence-electron chi connectivity index (χ3n) is 3.97. The topological polar surface area (TPSA) is 75.7 Å². The predicted molar refractivity (Wildman–Crippen MR) is 92.8 cm³/mol. The molecule has 6 nitrogen and oxygen atoms in total. The highest BCUT2D eigenvalue weighted by Crippen LogP contribution is 2.32. The molecule has 0 aromatic heterocycles. The van der Waals surface area contributed by atoms with E-state index in [2.05, 4.69) is 10.2 Å². The molecule has 0 spiro atoms. The number of carbonyl (C=O) groups is 3. The molecule has 3 rings (SSSR count). The summed E-state index contributed by atoms with van der Waals surface area (Å²) >= 11 is 0. The molecule has 0 saturated carbocycles. The maximum atomic E-state index is 12.9. The van der Waals surface area contributed by atoms with E-state index in [9.17, 15) is 27.6 Å². The molecule has 0 atom stereocenters. The summed E-state index contributed by atoms with van der Waals surface area (Å²) in [5.74, 6) is -2.08. The van der Waals surface area contributed by atoms with Gasteiger partial charge in [-0.25, -0.2) is 9.80 Å². The molecule has 1 aliphatic rings. The largest absolute Gasteiger partial charge is 0.465 e. The fraction of sp³-hybridized carbons (Fsp3) is 0.105. The lowest BCUT2D eigenvalue weighted by Crippen LogP contribution is -2.35. The zero-order valence-corrected chi connectivity index (χ0v) is 14.4. The molecule has 1 fully saturated rings. The van der Waals surface area contributed by atoms with Gasteiger partial charge in [-0.2, -0.15) is 13.2 Å². The van der Waals surface area contributed by atoms with Crippen LogP contribution in [0, 0.1) is 0 Å². The molecule has 0 aliphatic carbocycles. The number of ether oxygens (including phenoxy) is 1. The number of hydrogen-bond donors (Lipinski definition) is 1. The molecule has 1 N–H and O–H groups in total.